The molecule has 4 heteroatoms. The van der Waals surface area contributed by atoms with Crippen LogP contribution in [0.15, 0.2) is 65.8 Å². The third-order valence-corrected chi connectivity index (χ3v) is 4.48. The topological polar surface area (TPSA) is 30.2 Å². The predicted octanol–water partition coefficient (Wildman–Crippen LogP) is 4.34. The molecule has 1 aliphatic rings. The van der Waals surface area contributed by atoms with E-state index in [2.05, 4.69) is 35.3 Å². The third kappa shape index (κ3) is 2.45. The van der Waals surface area contributed by atoms with Crippen molar-refractivity contribution in [2.75, 3.05) is 5.75 Å². The first-order valence-electron chi connectivity index (χ1n) is 7.26. The lowest BCUT2D eigenvalue weighted by Gasteiger charge is -2.08. The second-order valence-corrected chi connectivity index (χ2v) is 6.11. The molecule has 0 spiro atoms. The van der Waals surface area contributed by atoms with Crippen LogP contribution in [0.2, 0.25) is 0 Å². The van der Waals surface area contributed by atoms with Crippen LogP contribution in [0.4, 0.5) is 5.69 Å². The number of hydrogen-bond donors (Lipinski definition) is 0. The molecule has 0 saturated heterocycles. The Morgan fingerprint density at radius 3 is 2.78 bits per heavy atom. The maximum atomic E-state index is 5.41. The lowest BCUT2D eigenvalue weighted by molar-refractivity contribution is 0.937. The molecule has 4 rings (SSSR count). The summed E-state index contributed by atoms with van der Waals surface area (Å²) in [5.74, 6) is 3.25. The minimum atomic E-state index is 0.593. The highest BCUT2D eigenvalue weighted by molar-refractivity contribution is 8.14. The van der Waals surface area contributed by atoms with Crippen molar-refractivity contribution in [3.8, 4) is 12.3 Å². The zero-order chi connectivity index (χ0) is 15.6. The highest BCUT2D eigenvalue weighted by Gasteiger charge is 2.17. The third-order valence-electron chi connectivity index (χ3n) is 3.66. The van der Waals surface area contributed by atoms with E-state index in [1.54, 1.807) is 11.8 Å². The maximum Gasteiger partial charge on any atom is 0.0999 e. The fraction of sp³-hybridized carbons (Fsp3) is 0.0526. The second-order valence-electron chi connectivity index (χ2n) is 5.11. The number of para-hydroxylation sites is 1. The molecule has 0 N–H and O–H groups in total. The van der Waals surface area contributed by atoms with Gasteiger partial charge in [-0.15, -0.1) is 6.42 Å². The monoisotopic (exact) mass is 315 g/mol. The van der Waals surface area contributed by atoms with Crippen molar-refractivity contribution in [1.82, 2.24) is 9.78 Å². The average Bonchev–Trinajstić information content (AvgIpc) is 2.95. The largest absolute Gasteiger partial charge is 0.240 e. The molecular formula is C19H13N3S. The van der Waals surface area contributed by atoms with Gasteiger partial charge in [0.2, 0.25) is 0 Å². The van der Waals surface area contributed by atoms with Crippen molar-refractivity contribution in [2.45, 2.75) is 0 Å². The quantitative estimate of drug-likeness (QED) is 0.659. The SMILES string of the molecule is C#CCSC1=Nc2cccc3cnn(c23)C(c2ccccc2)=C1. The van der Waals surface area contributed by atoms with E-state index in [1.165, 1.54) is 0 Å². The van der Waals surface area contributed by atoms with Crippen molar-refractivity contribution in [3.05, 3.63) is 66.4 Å². The molecule has 110 valence electrons. The highest BCUT2D eigenvalue weighted by Crippen LogP contribution is 2.33. The van der Waals surface area contributed by atoms with Gasteiger partial charge in [0.1, 0.15) is 0 Å². The number of aromatic nitrogens is 2. The molecule has 2 aromatic carbocycles. The molecular weight excluding hydrogens is 302 g/mol. The van der Waals surface area contributed by atoms with Crippen molar-refractivity contribution >= 4 is 39.1 Å². The fourth-order valence-corrected chi connectivity index (χ4v) is 3.26. The van der Waals surface area contributed by atoms with Crippen molar-refractivity contribution < 1.29 is 0 Å². The Morgan fingerprint density at radius 2 is 1.96 bits per heavy atom. The molecule has 3 nitrogen and oxygen atoms in total. The molecule has 0 unspecified atom stereocenters. The molecule has 2 heterocycles. The highest BCUT2D eigenvalue weighted by atomic mass is 32.2. The number of aliphatic imine (C=N–C) groups is 1. The van der Waals surface area contributed by atoms with Crippen LogP contribution in [0.3, 0.4) is 0 Å². The van der Waals surface area contributed by atoms with Gasteiger partial charge in [-0.25, -0.2) is 9.67 Å². The maximum absolute atomic E-state index is 5.41. The minimum Gasteiger partial charge on any atom is -0.240 e. The summed E-state index contributed by atoms with van der Waals surface area (Å²) in [5.41, 5.74) is 4.05. The molecule has 1 aromatic heterocycles. The smallest absolute Gasteiger partial charge is 0.0999 e. The summed E-state index contributed by atoms with van der Waals surface area (Å²) in [6.45, 7) is 0. The Kier molecular flexibility index (Phi) is 3.49. The Bertz CT molecular complexity index is 975. The lowest BCUT2D eigenvalue weighted by atomic mass is 10.1. The zero-order valence-electron chi connectivity index (χ0n) is 12.3. The van der Waals surface area contributed by atoms with Crippen LogP contribution in [0.25, 0.3) is 16.6 Å². The fourth-order valence-electron chi connectivity index (χ4n) is 2.67. The van der Waals surface area contributed by atoms with E-state index in [0.717, 1.165) is 32.9 Å². The second kappa shape index (κ2) is 5.79. The normalized spacial score (nSPS) is 13.2. The molecule has 23 heavy (non-hydrogen) atoms. The Balaban J connectivity index is 1.97. The molecule has 0 amide bonds. The summed E-state index contributed by atoms with van der Waals surface area (Å²) in [6, 6.07) is 16.3. The first kappa shape index (κ1) is 13.9. The van der Waals surface area contributed by atoms with Crippen LogP contribution < -0.4 is 0 Å². The van der Waals surface area contributed by atoms with Crippen molar-refractivity contribution in [2.24, 2.45) is 4.99 Å². The van der Waals surface area contributed by atoms with Crippen LogP contribution in [0.5, 0.6) is 0 Å². The lowest BCUT2D eigenvalue weighted by Crippen LogP contribution is -2.01. The van der Waals surface area contributed by atoms with Crippen LogP contribution in [0.1, 0.15) is 5.56 Å². The van der Waals surface area contributed by atoms with Gasteiger partial charge in [0, 0.05) is 10.9 Å². The van der Waals surface area contributed by atoms with Crippen LogP contribution >= 0.6 is 11.8 Å². The Hall–Kier alpha value is -2.77. The number of rotatable bonds is 2. The molecule has 1 aliphatic heterocycles. The molecule has 0 saturated carbocycles. The van der Waals surface area contributed by atoms with Gasteiger partial charge in [-0.1, -0.05) is 60.1 Å². The zero-order valence-corrected chi connectivity index (χ0v) is 13.1. The van der Waals surface area contributed by atoms with Gasteiger partial charge in [0.05, 0.1) is 33.9 Å². The molecule has 3 aromatic rings. The Labute approximate surface area is 138 Å². The van der Waals surface area contributed by atoms with E-state index in [1.807, 2.05) is 41.2 Å². The summed E-state index contributed by atoms with van der Waals surface area (Å²) >= 11 is 1.56. The van der Waals surface area contributed by atoms with E-state index < -0.39 is 0 Å². The number of benzene rings is 2. The van der Waals surface area contributed by atoms with Gasteiger partial charge in [-0.2, -0.15) is 5.10 Å². The van der Waals surface area contributed by atoms with E-state index in [0.29, 0.717) is 5.75 Å². The van der Waals surface area contributed by atoms with Gasteiger partial charge in [0.15, 0.2) is 0 Å². The van der Waals surface area contributed by atoms with Crippen molar-refractivity contribution in [3.63, 3.8) is 0 Å². The van der Waals surface area contributed by atoms with Gasteiger partial charge in [-0.05, 0) is 12.1 Å². The molecule has 0 bridgehead atoms. The summed E-state index contributed by atoms with van der Waals surface area (Å²) in [7, 11) is 0. The number of terminal acetylenes is 1. The average molecular weight is 315 g/mol. The predicted molar refractivity (Wildman–Crippen MR) is 97.9 cm³/mol. The summed E-state index contributed by atoms with van der Waals surface area (Å²) < 4.78 is 1.97. The molecule has 0 radical (unpaired) electrons. The van der Waals surface area contributed by atoms with E-state index in [9.17, 15) is 0 Å². The minimum absolute atomic E-state index is 0.593. The Morgan fingerprint density at radius 1 is 1.09 bits per heavy atom. The summed E-state index contributed by atoms with van der Waals surface area (Å²) in [5, 5.41) is 6.57. The van der Waals surface area contributed by atoms with Gasteiger partial charge < -0.3 is 0 Å². The molecule has 0 aliphatic carbocycles. The molecule has 0 fully saturated rings. The number of hydrogen-bond acceptors (Lipinski definition) is 3. The first-order valence-corrected chi connectivity index (χ1v) is 8.24. The molecule has 0 atom stereocenters. The van der Waals surface area contributed by atoms with Crippen LogP contribution in [0, 0.1) is 12.3 Å². The summed E-state index contributed by atoms with van der Waals surface area (Å²) in [4.78, 5) is 4.79. The number of thioether (sulfide) groups is 1. The van der Waals surface area contributed by atoms with E-state index >= 15 is 0 Å². The number of nitrogens with zero attached hydrogens (tertiary/aromatic N) is 3. The summed E-state index contributed by atoms with van der Waals surface area (Å²) in [6.07, 6.45) is 9.35. The van der Waals surface area contributed by atoms with E-state index in [4.69, 9.17) is 11.4 Å². The van der Waals surface area contributed by atoms with Gasteiger partial charge >= 0.3 is 0 Å². The van der Waals surface area contributed by atoms with E-state index in [-0.39, 0.29) is 0 Å². The van der Waals surface area contributed by atoms with Gasteiger partial charge in [0.25, 0.3) is 0 Å². The van der Waals surface area contributed by atoms with Crippen LogP contribution in [-0.2, 0) is 0 Å². The van der Waals surface area contributed by atoms with Gasteiger partial charge in [-0.3, -0.25) is 0 Å². The first-order chi connectivity index (χ1) is 11.4. The standard InChI is InChI=1S/C19H13N3S/c1-2-11-23-18-12-17(14-7-4-3-5-8-14)22-19-15(13-20-22)9-6-10-16(19)21-18/h1,3-10,12-13H,11H2. The van der Waals surface area contributed by atoms with Crippen LogP contribution in [-0.4, -0.2) is 20.6 Å². The van der Waals surface area contributed by atoms with Crippen molar-refractivity contribution in [1.29, 1.82) is 0 Å².